The van der Waals surface area contributed by atoms with Gasteiger partial charge in [-0.3, -0.25) is 4.90 Å². The molecule has 0 amide bonds. The third-order valence-electron chi connectivity index (χ3n) is 5.59. The van der Waals surface area contributed by atoms with Crippen molar-refractivity contribution in [1.82, 2.24) is 15.1 Å². The summed E-state index contributed by atoms with van der Waals surface area (Å²) in [5, 5.41) is 3.65. The Balaban J connectivity index is 1.96. The van der Waals surface area contributed by atoms with Crippen LogP contribution in [0.4, 0.5) is 0 Å². The number of nitrogens with one attached hydrogen (secondary N) is 1. The third kappa shape index (κ3) is 4.19. The summed E-state index contributed by atoms with van der Waals surface area (Å²) in [4.78, 5) is 5.23. The van der Waals surface area contributed by atoms with Crippen molar-refractivity contribution in [2.45, 2.75) is 52.5 Å². The summed E-state index contributed by atoms with van der Waals surface area (Å²) in [5.74, 6) is 0.940. The van der Waals surface area contributed by atoms with Crippen molar-refractivity contribution in [3.8, 4) is 0 Å². The van der Waals surface area contributed by atoms with Crippen LogP contribution in [-0.2, 0) is 0 Å². The molecule has 0 aromatic heterocycles. The second-order valence-electron chi connectivity index (χ2n) is 7.54. The summed E-state index contributed by atoms with van der Waals surface area (Å²) >= 11 is 0. The van der Waals surface area contributed by atoms with Crippen molar-refractivity contribution in [2.24, 2.45) is 11.3 Å². The highest BCUT2D eigenvalue weighted by atomic mass is 15.3. The minimum atomic E-state index is 0.534. The largest absolute Gasteiger partial charge is 0.316 e. The topological polar surface area (TPSA) is 18.5 Å². The van der Waals surface area contributed by atoms with Crippen molar-refractivity contribution in [3.63, 3.8) is 0 Å². The maximum absolute atomic E-state index is 3.65. The predicted molar refractivity (Wildman–Crippen MR) is 87.1 cm³/mol. The molecule has 1 heterocycles. The zero-order chi connectivity index (χ0) is 14.6. The molecular weight excluding hydrogens is 246 g/mol. The third-order valence-corrected chi connectivity index (χ3v) is 5.59. The zero-order valence-electron chi connectivity index (χ0n) is 14.1. The second-order valence-corrected chi connectivity index (χ2v) is 7.54. The fraction of sp³-hybridized carbons (Fsp3) is 1.00. The number of nitrogens with zero attached hydrogens (tertiary/aromatic N) is 2. The van der Waals surface area contributed by atoms with E-state index in [-0.39, 0.29) is 0 Å². The molecule has 3 nitrogen and oxygen atoms in total. The lowest BCUT2D eigenvalue weighted by molar-refractivity contribution is 0.0302. The predicted octanol–water partition coefficient (Wildman–Crippen LogP) is 2.43. The lowest BCUT2D eigenvalue weighted by Gasteiger charge is -2.47. The number of hydrogen-bond acceptors (Lipinski definition) is 3. The Hall–Kier alpha value is -0.120. The van der Waals surface area contributed by atoms with Crippen molar-refractivity contribution >= 4 is 0 Å². The molecule has 0 spiro atoms. The Morgan fingerprint density at radius 2 is 1.85 bits per heavy atom. The molecule has 0 radical (unpaired) electrons. The van der Waals surface area contributed by atoms with Crippen LogP contribution in [0.5, 0.6) is 0 Å². The molecule has 0 bridgehead atoms. The van der Waals surface area contributed by atoms with E-state index in [1.807, 2.05) is 0 Å². The van der Waals surface area contributed by atoms with Gasteiger partial charge in [-0.15, -0.1) is 0 Å². The van der Waals surface area contributed by atoms with Crippen LogP contribution in [0.2, 0.25) is 0 Å². The van der Waals surface area contributed by atoms with E-state index < -0.39 is 0 Å². The first kappa shape index (κ1) is 16.3. The Bertz CT molecular complexity index is 278. The molecule has 1 aliphatic carbocycles. The summed E-state index contributed by atoms with van der Waals surface area (Å²) in [6, 6.07) is 0.714. The Kier molecular flexibility index (Phi) is 5.88. The van der Waals surface area contributed by atoms with Crippen LogP contribution in [0.15, 0.2) is 0 Å². The van der Waals surface area contributed by atoms with Crippen molar-refractivity contribution in [2.75, 3.05) is 46.3 Å². The molecule has 1 aliphatic heterocycles. The highest BCUT2D eigenvalue weighted by molar-refractivity contribution is 4.91. The summed E-state index contributed by atoms with van der Waals surface area (Å²) in [5.41, 5.74) is 0.534. The lowest BCUT2D eigenvalue weighted by Crippen LogP contribution is -2.55. The molecule has 0 aromatic carbocycles. The van der Waals surface area contributed by atoms with Gasteiger partial charge in [0.2, 0.25) is 0 Å². The fourth-order valence-electron chi connectivity index (χ4n) is 4.00. The molecular formula is C17H35N3. The molecule has 1 atom stereocenters. The first-order chi connectivity index (χ1) is 9.54. The summed E-state index contributed by atoms with van der Waals surface area (Å²) < 4.78 is 0. The molecule has 2 fully saturated rings. The normalized spacial score (nSPS) is 37.2. The minimum absolute atomic E-state index is 0.534. The van der Waals surface area contributed by atoms with E-state index in [9.17, 15) is 0 Å². The second kappa shape index (κ2) is 7.24. The molecule has 3 heteroatoms. The quantitative estimate of drug-likeness (QED) is 0.835. The first-order valence-corrected chi connectivity index (χ1v) is 8.68. The summed E-state index contributed by atoms with van der Waals surface area (Å²) in [7, 11) is 2.25. The van der Waals surface area contributed by atoms with Gasteiger partial charge in [0.1, 0.15) is 0 Å². The van der Waals surface area contributed by atoms with Gasteiger partial charge in [-0.1, -0.05) is 26.7 Å². The van der Waals surface area contributed by atoms with Gasteiger partial charge in [0.25, 0.3) is 0 Å². The molecule has 2 aliphatic rings. The van der Waals surface area contributed by atoms with Crippen LogP contribution in [0.25, 0.3) is 0 Å². The molecule has 1 saturated heterocycles. The van der Waals surface area contributed by atoms with E-state index in [1.54, 1.807) is 0 Å². The SMILES string of the molecule is CCNCC1(CN2CCN(C)CC2C)CCC(C)CC1. The average molecular weight is 281 g/mol. The molecule has 1 saturated carbocycles. The molecule has 2 rings (SSSR count). The van der Waals surface area contributed by atoms with Gasteiger partial charge in [0.15, 0.2) is 0 Å². The van der Waals surface area contributed by atoms with Gasteiger partial charge in [0, 0.05) is 38.8 Å². The van der Waals surface area contributed by atoms with Crippen LogP contribution >= 0.6 is 0 Å². The van der Waals surface area contributed by atoms with Crippen LogP contribution in [0.1, 0.15) is 46.5 Å². The van der Waals surface area contributed by atoms with Crippen molar-refractivity contribution < 1.29 is 0 Å². The molecule has 20 heavy (non-hydrogen) atoms. The fourth-order valence-corrected chi connectivity index (χ4v) is 4.00. The highest BCUT2D eigenvalue weighted by Crippen LogP contribution is 2.39. The van der Waals surface area contributed by atoms with Crippen LogP contribution in [0.3, 0.4) is 0 Å². The van der Waals surface area contributed by atoms with Crippen molar-refractivity contribution in [1.29, 1.82) is 0 Å². The highest BCUT2D eigenvalue weighted by Gasteiger charge is 2.37. The van der Waals surface area contributed by atoms with Gasteiger partial charge in [0.05, 0.1) is 0 Å². The maximum Gasteiger partial charge on any atom is 0.0195 e. The summed E-state index contributed by atoms with van der Waals surface area (Å²) in [6.45, 7) is 14.4. The number of piperazine rings is 1. The van der Waals surface area contributed by atoms with Gasteiger partial charge in [-0.05, 0) is 44.7 Å². The van der Waals surface area contributed by atoms with E-state index in [0.717, 1.165) is 12.5 Å². The minimum Gasteiger partial charge on any atom is -0.316 e. The van der Waals surface area contributed by atoms with Crippen LogP contribution in [0, 0.1) is 11.3 Å². The van der Waals surface area contributed by atoms with Crippen LogP contribution in [-0.4, -0.2) is 62.2 Å². The number of hydrogen-bond donors (Lipinski definition) is 1. The van der Waals surface area contributed by atoms with Gasteiger partial charge < -0.3 is 10.2 Å². The first-order valence-electron chi connectivity index (χ1n) is 8.68. The Labute approximate surface area is 126 Å². The van der Waals surface area contributed by atoms with E-state index in [4.69, 9.17) is 0 Å². The van der Waals surface area contributed by atoms with Crippen LogP contribution < -0.4 is 5.32 Å². The van der Waals surface area contributed by atoms with E-state index in [1.165, 1.54) is 58.4 Å². The van der Waals surface area contributed by atoms with E-state index in [0.29, 0.717) is 11.5 Å². The lowest BCUT2D eigenvalue weighted by atomic mass is 9.70. The smallest absolute Gasteiger partial charge is 0.0195 e. The van der Waals surface area contributed by atoms with Gasteiger partial charge in [-0.25, -0.2) is 0 Å². The molecule has 1 N–H and O–H groups in total. The monoisotopic (exact) mass is 281 g/mol. The van der Waals surface area contributed by atoms with Crippen molar-refractivity contribution in [3.05, 3.63) is 0 Å². The number of rotatable bonds is 5. The molecule has 1 unspecified atom stereocenters. The molecule has 118 valence electrons. The summed E-state index contributed by atoms with van der Waals surface area (Å²) in [6.07, 6.45) is 5.68. The maximum atomic E-state index is 3.65. The Morgan fingerprint density at radius 3 is 2.45 bits per heavy atom. The zero-order valence-corrected chi connectivity index (χ0v) is 14.1. The average Bonchev–Trinajstić information content (AvgIpc) is 2.43. The van der Waals surface area contributed by atoms with Gasteiger partial charge in [-0.2, -0.15) is 0 Å². The van der Waals surface area contributed by atoms with E-state index >= 15 is 0 Å². The standard InChI is InChI=1S/C17H35N3/c1-5-18-13-17(8-6-15(2)7-9-17)14-20-11-10-19(4)12-16(20)3/h15-16,18H,5-14H2,1-4H3. The number of likely N-dealkylation sites (N-methyl/N-ethyl adjacent to an activating group) is 1. The molecule has 0 aromatic rings. The van der Waals surface area contributed by atoms with E-state index in [2.05, 4.69) is 42.9 Å². The van der Waals surface area contributed by atoms with Gasteiger partial charge >= 0.3 is 0 Å². The Morgan fingerprint density at radius 1 is 1.15 bits per heavy atom.